The van der Waals surface area contributed by atoms with Crippen LogP contribution in [0.2, 0.25) is 0 Å². The zero-order chi connectivity index (χ0) is 23.0. The van der Waals surface area contributed by atoms with Gasteiger partial charge in [-0.15, -0.1) is 0 Å². The number of allylic oxidation sites excluding steroid dienone is 2. The third-order valence-corrected chi connectivity index (χ3v) is 5.37. The molecule has 0 amide bonds. The molecule has 0 fully saturated rings. The van der Waals surface area contributed by atoms with Crippen LogP contribution in [-0.2, 0) is 12.8 Å². The van der Waals surface area contributed by atoms with Crippen molar-refractivity contribution in [2.75, 3.05) is 0 Å². The Morgan fingerprint density at radius 3 is 1.38 bits per heavy atom. The molecule has 0 radical (unpaired) electrons. The van der Waals surface area contributed by atoms with Crippen LogP contribution >= 0.6 is 0 Å². The van der Waals surface area contributed by atoms with Crippen molar-refractivity contribution in [2.24, 2.45) is 0 Å². The van der Waals surface area contributed by atoms with E-state index in [1.54, 1.807) is 0 Å². The largest absolute Gasteiger partial charge is 0.217 e. The topological polar surface area (TPSA) is 0 Å². The van der Waals surface area contributed by atoms with Gasteiger partial charge in [-0.05, 0) is 72.9 Å². The van der Waals surface area contributed by atoms with Crippen molar-refractivity contribution >= 4 is 0 Å². The maximum atomic E-state index is 14.0. The van der Waals surface area contributed by atoms with E-state index in [1.807, 2.05) is 48.5 Å². The fraction of sp³-hybridized carbons (Fsp3) is 0.400. The van der Waals surface area contributed by atoms with E-state index in [2.05, 4.69) is 37.5 Å². The predicted molar refractivity (Wildman–Crippen MR) is 132 cm³/mol. The second-order valence-corrected chi connectivity index (χ2v) is 8.14. The zero-order valence-electron chi connectivity index (χ0n) is 19.4. The molecule has 0 aliphatic rings. The van der Waals surface area contributed by atoms with Gasteiger partial charge in [0.05, 0.1) is 0 Å². The third-order valence-electron chi connectivity index (χ3n) is 5.37. The van der Waals surface area contributed by atoms with Gasteiger partial charge in [-0.2, -0.15) is 8.78 Å². The fourth-order valence-corrected chi connectivity index (χ4v) is 3.39. The van der Waals surface area contributed by atoms with E-state index in [4.69, 9.17) is 0 Å². The van der Waals surface area contributed by atoms with E-state index in [0.717, 1.165) is 19.3 Å². The highest BCUT2D eigenvalue weighted by atomic mass is 19.2. The lowest BCUT2D eigenvalue weighted by molar-refractivity contribution is 0.584. The Balaban J connectivity index is 1.90. The number of unbranched alkanes of at least 4 members (excludes halogenated alkanes) is 6. The minimum atomic E-state index is -1.13. The Bertz CT molecular complexity index is 958. The number of halogens is 2. The average molecular weight is 433 g/mol. The minimum absolute atomic E-state index is 0.658. The van der Waals surface area contributed by atoms with Crippen molar-refractivity contribution in [3.8, 4) is 23.7 Å². The lowest BCUT2D eigenvalue weighted by Gasteiger charge is -2.01. The molecular weight excluding hydrogens is 398 g/mol. The SMILES string of the molecule is CCCCCCCc1ccc(C#C/C(F)=C(\F)C#Cc2ccc(CCCCC)cc2)cc1. The number of aryl methyl sites for hydroxylation is 2. The molecule has 2 rings (SSSR count). The number of hydrogen-bond donors (Lipinski definition) is 0. The summed E-state index contributed by atoms with van der Waals surface area (Å²) in [6.07, 6.45) is 11.9. The van der Waals surface area contributed by atoms with E-state index in [9.17, 15) is 8.78 Å². The Kier molecular flexibility index (Phi) is 12.0. The highest BCUT2D eigenvalue weighted by Gasteiger charge is 2.00. The molecule has 0 atom stereocenters. The van der Waals surface area contributed by atoms with Crippen LogP contribution in [0.4, 0.5) is 8.78 Å². The Morgan fingerprint density at radius 1 is 0.562 bits per heavy atom. The molecule has 0 aliphatic carbocycles. The first-order chi connectivity index (χ1) is 15.6. The van der Waals surface area contributed by atoms with Crippen LogP contribution in [-0.4, -0.2) is 0 Å². The minimum Gasteiger partial charge on any atom is -0.193 e. The van der Waals surface area contributed by atoms with Gasteiger partial charge in [0.25, 0.3) is 0 Å². The fourth-order valence-electron chi connectivity index (χ4n) is 3.39. The van der Waals surface area contributed by atoms with Crippen LogP contribution in [0.5, 0.6) is 0 Å². The van der Waals surface area contributed by atoms with Gasteiger partial charge < -0.3 is 0 Å². The van der Waals surface area contributed by atoms with Crippen LogP contribution in [0.1, 0.15) is 87.5 Å². The van der Waals surface area contributed by atoms with Gasteiger partial charge in [0, 0.05) is 11.1 Å². The summed E-state index contributed by atoms with van der Waals surface area (Å²) < 4.78 is 28.0. The first-order valence-electron chi connectivity index (χ1n) is 11.9. The van der Waals surface area contributed by atoms with Crippen molar-refractivity contribution in [1.82, 2.24) is 0 Å². The predicted octanol–water partition coefficient (Wildman–Crippen LogP) is 8.49. The molecule has 0 bridgehead atoms. The maximum Gasteiger partial charge on any atom is 0.217 e. The second kappa shape index (κ2) is 15.0. The summed E-state index contributed by atoms with van der Waals surface area (Å²) in [5.74, 6) is 7.56. The van der Waals surface area contributed by atoms with Gasteiger partial charge in [0.1, 0.15) is 0 Å². The molecule has 0 nitrogen and oxygen atoms in total. The van der Waals surface area contributed by atoms with Gasteiger partial charge in [0.2, 0.25) is 11.7 Å². The molecule has 0 unspecified atom stereocenters. The van der Waals surface area contributed by atoms with Crippen LogP contribution in [0.3, 0.4) is 0 Å². The Hall–Kier alpha value is -2.84. The number of rotatable bonds is 10. The Labute approximate surface area is 193 Å². The quantitative estimate of drug-likeness (QED) is 0.261. The van der Waals surface area contributed by atoms with Crippen LogP contribution in [0.25, 0.3) is 0 Å². The monoisotopic (exact) mass is 432 g/mol. The van der Waals surface area contributed by atoms with Crippen LogP contribution in [0.15, 0.2) is 60.2 Å². The summed E-state index contributed by atoms with van der Waals surface area (Å²) in [7, 11) is 0. The summed E-state index contributed by atoms with van der Waals surface area (Å²) in [5, 5.41) is 0. The molecule has 0 saturated carbocycles. The molecule has 2 aromatic carbocycles. The van der Waals surface area contributed by atoms with Gasteiger partial charge >= 0.3 is 0 Å². The molecular formula is C30H34F2. The highest BCUT2D eigenvalue weighted by Crippen LogP contribution is 2.12. The van der Waals surface area contributed by atoms with Gasteiger partial charge in [-0.25, -0.2) is 0 Å². The molecule has 0 aromatic heterocycles. The van der Waals surface area contributed by atoms with Gasteiger partial charge in [-0.3, -0.25) is 0 Å². The standard InChI is InChI=1S/C30H34F2/c1-3-5-7-8-10-12-26-15-19-28(20-16-26)22-24-30(32)29(31)23-21-27-17-13-25(14-18-27)11-9-6-4-2/h13-20H,3-12H2,1-2H3/b30-29+. The van der Waals surface area contributed by atoms with Crippen molar-refractivity contribution in [1.29, 1.82) is 0 Å². The van der Waals surface area contributed by atoms with E-state index in [0.29, 0.717) is 11.1 Å². The van der Waals surface area contributed by atoms with Gasteiger partial charge in [-0.1, -0.05) is 88.5 Å². The summed E-state index contributed by atoms with van der Waals surface area (Å²) in [4.78, 5) is 0. The number of hydrogen-bond acceptors (Lipinski definition) is 0. The molecule has 2 heteroatoms. The smallest absolute Gasteiger partial charge is 0.193 e. The Morgan fingerprint density at radius 2 is 0.938 bits per heavy atom. The summed E-state index contributed by atoms with van der Waals surface area (Å²) in [5.41, 5.74) is 3.80. The molecule has 0 saturated heterocycles. The van der Waals surface area contributed by atoms with Gasteiger partial charge in [0.15, 0.2) is 0 Å². The molecule has 0 heterocycles. The average Bonchev–Trinajstić information content (AvgIpc) is 2.82. The normalized spacial score (nSPS) is 11.1. The highest BCUT2D eigenvalue weighted by molar-refractivity contribution is 5.45. The summed E-state index contributed by atoms with van der Waals surface area (Å²) in [6, 6.07) is 15.4. The van der Waals surface area contributed by atoms with Crippen molar-refractivity contribution < 1.29 is 8.78 Å². The first-order valence-corrected chi connectivity index (χ1v) is 11.9. The summed E-state index contributed by atoms with van der Waals surface area (Å²) >= 11 is 0. The van der Waals surface area contributed by atoms with E-state index in [1.165, 1.54) is 56.1 Å². The van der Waals surface area contributed by atoms with Crippen molar-refractivity contribution in [3.05, 3.63) is 82.4 Å². The molecule has 0 spiro atoms. The molecule has 168 valence electrons. The van der Waals surface area contributed by atoms with Crippen molar-refractivity contribution in [2.45, 2.75) is 78.1 Å². The van der Waals surface area contributed by atoms with Crippen molar-refractivity contribution in [3.63, 3.8) is 0 Å². The van der Waals surface area contributed by atoms with Crippen LogP contribution in [0, 0.1) is 23.7 Å². The molecule has 0 aliphatic heterocycles. The second-order valence-electron chi connectivity index (χ2n) is 8.14. The lowest BCUT2D eigenvalue weighted by Crippen LogP contribution is -1.86. The maximum absolute atomic E-state index is 14.0. The molecule has 2 aromatic rings. The first kappa shape index (κ1) is 25.4. The van der Waals surface area contributed by atoms with E-state index in [-0.39, 0.29) is 0 Å². The van der Waals surface area contributed by atoms with E-state index < -0.39 is 11.7 Å². The zero-order valence-corrected chi connectivity index (χ0v) is 19.4. The molecule has 32 heavy (non-hydrogen) atoms. The number of benzene rings is 2. The third kappa shape index (κ3) is 9.98. The summed E-state index contributed by atoms with van der Waals surface area (Å²) in [6.45, 7) is 4.39. The lowest BCUT2D eigenvalue weighted by atomic mass is 10.0. The molecule has 0 N–H and O–H groups in total. The van der Waals surface area contributed by atoms with E-state index >= 15 is 0 Å². The van der Waals surface area contributed by atoms with Crippen LogP contribution < -0.4 is 0 Å².